The first-order valence-electron chi connectivity index (χ1n) is 12.1. The quantitative estimate of drug-likeness (QED) is 0.377. The van der Waals surface area contributed by atoms with Crippen LogP contribution in [0.1, 0.15) is 44.7 Å². The largest absolute Gasteiger partial charge is 0.493 e. The number of oxazole rings is 1. The Morgan fingerprint density at radius 3 is 2.46 bits per heavy atom. The van der Waals surface area contributed by atoms with E-state index in [-0.39, 0.29) is 6.10 Å². The average Bonchev–Trinajstić information content (AvgIpc) is 3.19. The van der Waals surface area contributed by atoms with E-state index < -0.39 is 11.7 Å². The monoisotopic (exact) mass is 480 g/mol. The molecule has 0 fully saturated rings. The zero-order valence-corrected chi connectivity index (χ0v) is 21.3. The molecule has 7 nitrogen and oxygen atoms in total. The summed E-state index contributed by atoms with van der Waals surface area (Å²) in [6, 6.07) is 17.8. The summed E-state index contributed by atoms with van der Waals surface area (Å²) >= 11 is 0. The maximum atomic E-state index is 11.9. The fourth-order valence-electron chi connectivity index (χ4n) is 3.55. The second-order valence-electron chi connectivity index (χ2n) is 9.29. The van der Waals surface area contributed by atoms with E-state index >= 15 is 0 Å². The number of nitrogens with one attached hydrogen (secondary N) is 1. The van der Waals surface area contributed by atoms with Gasteiger partial charge in [-0.15, -0.1) is 0 Å². The van der Waals surface area contributed by atoms with Crippen molar-refractivity contribution in [3.05, 3.63) is 71.6 Å². The van der Waals surface area contributed by atoms with Crippen LogP contribution < -0.4 is 10.1 Å². The van der Waals surface area contributed by atoms with Crippen LogP contribution in [-0.2, 0) is 22.3 Å². The van der Waals surface area contributed by atoms with Crippen molar-refractivity contribution in [2.75, 3.05) is 19.8 Å². The molecule has 0 bridgehead atoms. The van der Waals surface area contributed by atoms with Crippen LogP contribution in [0.5, 0.6) is 5.75 Å². The fraction of sp³-hybridized carbons (Fsp3) is 0.429. The minimum absolute atomic E-state index is 0.145. The number of alkyl carbamates (subject to hydrolysis) is 1. The Labute approximate surface area is 207 Å². The van der Waals surface area contributed by atoms with Crippen molar-refractivity contribution in [1.29, 1.82) is 0 Å². The minimum atomic E-state index is -0.530. The molecule has 0 spiro atoms. The third-order valence-corrected chi connectivity index (χ3v) is 5.18. The first kappa shape index (κ1) is 26.3. The van der Waals surface area contributed by atoms with Crippen molar-refractivity contribution in [2.24, 2.45) is 0 Å². The van der Waals surface area contributed by atoms with Crippen molar-refractivity contribution in [3.63, 3.8) is 0 Å². The third-order valence-electron chi connectivity index (χ3n) is 5.18. The lowest BCUT2D eigenvalue weighted by atomic mass is 10.1. The zero-order valence-electron chi connectivity index (χ0n) is 21.3. The maximum Gasteiger partial charge on any atom is 0.407 e. The molecule has 188 valence electrons. The summed E-state index contributed by atoms with van der Waals surface area (Å²) in [4.78, 5) is 16.6. The summed E-state index contributed by atoms with van der Waals surface area (Å²) in [7, 11) is 0. The van der Waals surface area contributed by atoms with E-state index in [2.05, 4.69) is 10.3 Å². The predicted octanol–water partition coefficient (Wildman–Crippen LogP) is 5.74. The van der Waals surface area contributed by atoms with Gasteiger partial charge in [0.25, 0.3) is 0 Å². The smallest absolute Gasteiger partial charge is 0.407 e. The molecule has 1 atom stereocenters. The van der Waals surface area contributed by atoms with Gasteiger partial charge in [-0.25, -0.2) is 9.78 Å². The number of aryl methyl sites for hydroxylation is 1. The molecule has 0 unspecified atom stereocenters. The molecule has 1 N–H and O–H groups in total. The Balaban J connectivity index is 1.47. The molecule has 2 aromatic carbocycles. The van der Waals surface area contributed by atoms with Crippen molar-refractivity contribution in [3.8, 4) is 17.2 Å². The number of amides is 1. The molecule has 3 rings (SSSR count). The van der Waals surface area contributed by atoms with Gasteiger partial charge in [0.15, 0.2) is 0 Å². The van der Waals surface area contributed by atoms with Crippen LogP contribution in [0.3, 0.4) is 0 Å². The highest BCUT2D eigenvalue weighted by Gasteiger charge is 2.18. The number of benzene rings is 2. The number of hydrogen-bond donors (Lipinski definition) is 1. The Morgan fingerprint density at radius 1 is 1.09 bits per heavy atom. The normalized spacial score (nSPS) is 12.3. The van der Waals surface area contributed by atoms with Crippen molar-refractivity contribution in [2.45, 2.75) is 59.2 Å². The Kier molecular flexibility index (Phi) is 9.32. The number of nitrogens with zero attached hydrogens (tertiary/aromatic N) is 1. The zero-order chi connectivity index (χ0) is 25.3. The summed E-state index contributed by atoms with van der Waals surface area (Å²) in [5, 5.41) is 2.79. The summed E-state index contributed by atoms with van der Waals surface area (Å²) in [6.07, 6.45) is 0.745. The highest BCUT2D eigenvalue weighted by Crippen LogP contribution is 2.22. The van der Waals surface area contributed by atoms with E-state index in [9.17, 15) is 4.79 Å². The molecule has 0 radical (unpaired) electrons. The maximum absolute atomic E-state index is 11.9. The van der Waals surface area contributed by atoms with E-state index in [0.29, 0.717) is 38.5 Å². The molecule has 1 amide bonds. The highest BCUT2D eigenvalue weighted by molar-refractivity contribution is 5.67. The van der Waals surface area contributed by atoms with Gasteiger partial charge in [0, 0.05) is 31.6 Å². The summed E-state index contributed by atoms with van der Waals surface area (Å²) in [6.45, 7) is 10.8. The van der Waals surface area contributed by atoms with Crippen molar-refractivity contribution < 1.29 is 23.4 Å². The van der Waals surface area contributed by atoms with E-state index in [1.807, 2.05) is 89.2 Å². The molecule has 0 saturated carbocycles. The van der Waals surface area contributed by atoms with Crippen molar-refractivity contribution in [1.82, 2.24) is 10.3 Å². The molecule has 35 heavy (non-hydrogen) atoms. The van der Waals surface area contributed by atoms with Crippen LogP contribution in [0.15, 0.2) is 59.0 Å². The predicted molar refractivity (Wildman–Crippen MR) is 136 cm³/mol. The molecule has 7 heteroatoms. The lowest BCUT2D eigenvalue weighted by molar-refractivity contribution is 0.0383. The lowest BCUT2D eigenvalue weighted by Gasteiger charge is -2.22. The molecule has 0 aliphatic heterocycles. The number of hydrogen-bond acceptors (Lipinski definition) is 6. The summed E-state index contributed by atoms with van der Waals surface area (Å²) < 4.78 is 22.8. The van der Waals surface area contributed by atoms with Crippen LogP contribution in [0.25, 0.3) is 11.5 Å². The minimum Gasteiger partial charge on any atom is -0.493 e. The lowest BCUT2D eigenvalue weighted by Crippen LogP contribution is -2.38. The number of carbonyl (C=O) groups is 1. The third kappa shape index (κ3) is 8.76. The second kappa shape index (κ2) is 12.4. The molecule has 1 heterocycles. The van der Waals surface area contributed by atoms with Gasteiger partial charge in [0.05, 0.1) is 18.4 Å². The standard InChI is InChI=1S/C28H36N2O5/c1-6-32-24(19-29-27(31)35-28(3,4)5)18-21-12-14-23(15-13-21)33-17-16-25-20(2)34-26(30-25)22-10-8-7-9-11-22/h7-15,24H,6,16-19H2,1-5H3,(H,29,31)/t24-/m0/s1. The number of rotatable bonds is 11. The molecule has 0 saturated heterocycles. The van der Waals surface area contributed by atoms with Gasteiger partial charge in [0.2, 0.25) is 5.89 Å². The van der Waals surface area contributed by atoms with E-state index in [0.717, 1.165) is 28.3 Å². The molecule has 1 aromatic heterocycles. The topological polar surface area (TPSA) is 82.8 Å². The van der Waals surface area contributed by atoms with E-state index in [4.69, 9.17) is 18.6 Å². The molecule has 3 aromatic rings. The van der Waals surface area contributed by atoms with Crippen LogP contribution in [0.4, 0.5) is 4.79 Å². The van der Waals surface area contributed by atoms with Gasteiger partial charge in [-0.3, -0.25) is 0 Å². The number of carbonyl (C=O) groups excluding carboxylic acids is 1. The second-order valence-corrected chi connectivity index (χ2v) is 9.29. The van der Waals surface area contributed by atoms with Crippen LogP contribution in [0.2, 0.25) is 0 Å². The molecular weight excluding hydrogens is 444 g/mol. The van der Waals surface area contributed by atoms with Crippen LogP contribution in [-0.4, -0.2) is 42.5 Å². The summed E-state index contributed by atoms with van der Waals surface area (Å²) in [5.41, 5.74) is 2.43. The van der Waals surface area contributed by atoms with Crippen LogP contribution in [0, 0.1) is 6.92 Å². The van der Waals surface area contributed by atoms with Crippen molar-refractivity contribution >= 4 is 6.09 Å². The SMILES string of the molecule is CCO[C@H](CNC(=O)OC(C)(C)C)Cc1ccc(OCCc2nc(-c3ccccc3)oc2C)cc1. The summed E-state index contributed by atoms with van der Waals surface area (Å²) in [5.74, 6) is 2.23. The average molecular weight is 481 g/mol. The Bertz CT molecular complexity index is 1060. The number of aromatic nitrogens is 1. The highest BCUT2D eigenvalue weighted by atomic mass is 16.6. The van der Waals surface area contributed by atoms with Gasteiger partial charge in [-0.1, -0.05) is 30.3 Å². The van der Waals surface area contributed by atoms with E-state index in [1.54, 1.807) is 0 Å². The van der Waals surface area contributed by atoms with E-state index in [1.165, 1.54) is 0 Å². The number of ether oxygens (including phenoxy) is 3. The Morgan fingerprint density at radius 2 is 1.80 bits per heavy atom. The van der Waals surface area contributed by atoms with Crippen LogP contribution >= 0.6 is 0 Å². The first-order valence-corrected chi connectivity index (χ1v) is 12.1. The molecule has 0 aliphatic carbocycles. The molecule has 0 aliphatic rings. The van der Waals surface area contributed by atoms with Gasteiger partial charge in [-0.2, -0.15) is 0 Å². The fourth-order valence-corrected chi connectivity index (χ4v) is 3.55. The first-order chi connectivity index (χ1) is 16.7. The van der Waals surface area contributed by atoms with Gasteiger partial charge in [-0.05, 0) is 64.4 Å². The Hall–Kier alpha value is -3.32. The van der Waals surface area contributed by atoms with Gasteiger partial charge >= 0.3 is 6.09 Å². The van der Waals surface area contributed by atoms with Gasteiger partial charge in [0.1, 0.15) is 17.1 Å². The molecular formula is C28H36N2O5. The van der Waals surface area contributed by atoms with Gasteiger partial charge < -0.3 is 23.9 Å².